The Hall–Kier alpha value is -3.26. The smallest absolute Gasteiger partial charge is 0.267 e. The molecule has 1 saturated heterocycles. The number of rotatable bonds is 6. The van der Waals surface area contributed by atoms with Gasteiger partial charge < -0.3 is 15.4 Å². The highest BCUT2D eigenvalue weighted by atomic mass is 16.5. The van der Waals surface area contributed by atoms with Gasteiger partial charge in [-0.25, -0.2) is 9.97 Å². The van der Waals surface area contributed by atoms with Crippen LogP contribution < -0.4 is 16.2 Å². The lowest BCUT2D eigenvalue weighted by molar-refractivity contribution is 0.0958. The Morgan fingerprint density at radius 1 is 1.39 bits per heavy atom. The molecule has 0 spiro atoms. The van der Waals surface area contributed by atoms with Crippen molar-refractivity contribution in [3.05, 3.63) is 59.0 Å². The van der Waals surface area contributed by atoms with Gasteiger partial charge in [0.25, 0.3) is 11.5 Å². The summed E-state index contributed by atoms with van der Waals surface area (Å²) in [5.41, 5.74) is 0.825. The number of fused-ring (bicyclic) bond motifs is 2. The number of nitrogens with one attached hydrogen (secondary N) is 2. The Balaban J connectivity index is 1.80. The molecule has 1 aliphatic heterocycles. The molecule has 0 radical (unpaired) electrons. The second-order valence-electron chi connectivity index (χ2n) is 6.62. The van der Waals surface area contributed by atoms with Gasteiger partial charge in [0.1, 0.15) is 11.5 Å². The van der Waals surface area contributed by atoms with Crippen molar-refractivity contribution < 1.29 is 9.53 Å². The van der Waals surface area contributed by atoms with E-state index in [2.05, 4.69) is 27.2 Å². The largest absolute Gasteiger partial charge is 0.376 e. The van der Waals surface area contributed by atoms with E-state index in [1.165, 1.54) is 4.40 Å². The first kappa shape index (κ1) is 18.1. The Labute approximate surface area is 161 Å². The van der Waals surface area contributed by atoms with Crippen molar-refractivity contribution in [1.82, 2.24) is 19.7 Å². The van der Waals surface area contributed by atoms with Crippen LogP contribution in [0, 0.1) is 0 Å². The van der Waals surface area contributed by atoms with Gasteiger partial charge in [-0.05, 0) is 31.0 Å². The number of hydrogen-bond acceptors (Lipinski definition) is 6. The van der Waals surface area contributed by atoms with Crippen LogP contribution in [0.25, 0.3) is 16.7 Å². The minimum absolute atomic E-state index is 0.0803. The summed E-state index contributed by atoms with van der Waals surface area (Å²) in [7, 11) is 0. The number of pyridine rings is 2. The maximum atomic E-state index is 12.8. The van der Waals surface area contributed by atoms with Crippen LogP contribution in [-0.2, 0) is 4.74 Å². The van der Waals surface area contributed by atoms with Gasteiger partial charge in [0.2, 0.25) is 0 Å². The Morgan fingerprint density at radius 3 is 3.07 bits per heavy atom. The van der Waals surface area contributed by atoms with E-state index >= 15 is 0 Å². The van der Waals surface area contributed by atoms with Crippen molar-refractivity contribution >= 4 is 28.4 Å². The molecular formula is C20H21N5O3. The highest BCUT2D eigenvalue weighted by Crippen LogP contribution is 2.20. The second-order valence-corrected chi connectivity index (χ2v) is 6.62. The summed E-state index contributed by atoms with van der Waals surface area (Å²) >= 11 is 0. The SMILES string of the molecule is C=CCNC(=O)c1cc2c(=O)n3ccccc3nc2nc1NC[C@@H]1CCCO1. The number of ether oxygens (including phenoxy) is 1. The van der Waals surface area contributed by atoms with Crippen LogP contribution in [0.1, 0.15) is 23.2 Å². The summed E-state index contributed by atoms with van der Waals surface area (Å²) in [6.07, 6.45) is 5.30. The van der Waals surface area contributed by atoms with Crippen LogP contribution in [0.5, 0.6) is 0 Å². The highest BCUT2D eigenvalue weighted by molar-refractivity contribution is 6.01. The molecule has 0 bridgehead atoms. The van der Waals surface area contributed by atoms with E-state index in [4.69, 9.17) is 4.74 Å². The van der Waals surface area contributed by atoms with Crippen molar-refractivity contribution in [3.8, 4) is 0 Å². The summed E-state index contributed by atoms with van der Waals surface area (Å²) in [4.78, 5) is 34.5. The molecule has 3 aromatic rings. The third-order valence-corrected chi connectivity index (χ3v) is 4.68. The molecule has 8 heteroatoms. The van der Waals surface area contributed by atoms with E-state index in [1.807, 2.05) is 0 Å². The van der Waals surface area contributed by atoms with Crippen LogP contribution in [0.15, 0.2) is 47.9 Å². The maximum Gasteiger partial charge on any atom is 0.267 e. The molecule has 1 atom stereocenters. The second kappa shape index (κ2) is 7.77. The zero-order chi connectivity index (χ0) is 19.5. The predicted octanol–water partition coefficient (Wildman–Crippen LogP) is 1.75. The number of amides is 1. The number of aromatic nitrogens is 3. The first-order chi connectivity index (χ1) is 13.7. The fraction of sp³-hybridized carbons (Fsp3) is 0.300. The standard InChI is InChI=1S/C20H21N5O3/c1-2-8-21-19(26)14-11-15-18(23-16-7-3-4-9-25(16)20(15)27)24-17(14)22-12-13-6-5-10-28-13/h2-4,7,9,11,13H,1,5-6,8,10,12H2,(H,21,26)(H,22,24)/t13-/m0/s1. The summed E-state index contributed by atoms with van der Waals surface area (Å²) in [6.45, 7) is 5.21. The topological polar surface area (TPSA) is 97.6 Å². The predicted molar refractivity (Wildman–Crippen MR) is 107 cm³/mol. The minimum Gasteiger partial charge on any atom is -0.376 e. The monoisotopic (exact) mass is 379 g/mol. The van der Waals surface area contributed by atoms with Crippen LogP contribution >= 0.6 is 0 Å². The van der Waals surface area contributed by atoms with Gasteiger partial charge in [0, 0.05) is 25.9 Å². The van der Waals surface area contributed by atoms with Crippen molar-refractivity contribution in [1.29, 1.82) is 0 Å². The van der Waals surface area contributed by atoms with Crippen LogP contribution in [0.3, 0.4) is 0 Å². The van der Waals surface area contributed by atoms with Gasteiger partial charge in [-0.3, -0.25) is 14.0 Å². The van der Waals surface area contributed by atoms with Gasteiger partial charge in [-0.15, -0.1) is 6.58 Å². The molecule has 1 fully saturated rings. The number of carbonyl (C=O) groups is 1. The average molecular weight is 379 g/mol. The fourth-order valence-corrected chi connectivity index (χ4v) is 3.27. The molecule has 4 rings (SSSR count). The number of hydrogen-bond donors (Lipinski definition) is 2. The molecule has 0 unspecified atom stereocenters. The molecule has 8 nitrogen and oxygen atoms in total. The Bertz CT molecular complexity index is 1100. The zero-order valence-electron chi connectivity index (χ0n) is 15.4. The van der Waals surface area contributed by atoms with E-state index in [1.54, 1.807) is 36.5 Å². The lowest BCUT2D eigenvalue weighted by atomic mass is 10.1. The van der Waals surface area contributed by atoms with E-state index in [-0.39, 0.29) is 23.0 Å². The average Bonchev–Trinajstić information content (AvgIpc) is 3.24. The quantitative estimate of drug-likeness (QED) is 0.500. The lowest BCUT2D eigenvalue weighted by Gasteiger charge is -2.15. The van der Waals surface area contributed by atoms with Gasteiger partial charge in [0.05, 0.1) is 17.1 Å². The Morgan fingerprint density at radius 2 is 2.29 bits per heavy atom. The third kappa shape index (κ3) is 3.46. The first-order valence-electron chi connectivity index (χ1n) is 9.24. The minimum atomic E-state index is -0.332. The molecule has 1 aliphatic rings. The lowest BCUT2D eigenvalue weighted by Crippen LogP contribution is -2.27. The molecule has 0 saturated carbocycles. The van der Waals surface area contributed by atoms with Crippen molar-refractivity contribution in [2.75, 3.05) is 25.0 Å². The highest BCUT2D eigenvalue weighted by Gasteiger charge is 2.20. The van der Waals surface area contributed by atoms with Gasteiger partial charge in [-0.1, -0.05) is 12.1 Å². The van der Waals surface area contributed by atoms with Crippen LogP contribution in [-0.4, -0.2) is 46.1 Å². The number of carbonyl (C=O) groups excluding carboxylic acids is 1. The third-order valence-electron chi connectivity index (χ3n) is 4.68. The molecule has 144 valence electrons. The number of anilines is 1. The molecule has 0 aromatic carbocycles. The first-order valence-corrected chi connectivity index (χ1v) is 9.24. The van der Waals surface area contributed by atoms with E-state index in [9.17, 15) is 9.59 Å². The maximum absolute atomic E-state index is 12.8. The van der Waals surface area contributed by atoms with Gasteiger partial charge in [-0.2, -0.15) is 0 Å². The molecular weight excluding hydrogens is 358 g/mol. The normalized spacial score (nSPS) is 16.4. The number of nitrogens with zero attached hydrogens (tertiary/aromatic N) is 3. The molecule has 28 heavy (non-hydrogen) atoms. The molecule has 4 heterocycles. The molecule has 2 N–H and O–H groups in total. The van der Waals surface area contributed by atoms with E-state index in [0.29, 0.717) is 35.8 Å². The van der Waals surface area contributed by atoms with Crippen LogP contribution in [0.2, 0.25) is 0 Å². The summed E-state index contributed by atoms with van der Waals surface area (Å²) in [6, 6.07) is 6.85. The zero-order valence-corrected chi connectivity index (χ0v) is 15.4. The van der Waals surface area contributed by atoms with Gasteiger partial charge >= 0.3 is 0 Å². The molecule has 1 amide bonds. The van der Waals surface area contributed by atoms with Crippen LogP contribution in [0.4, 0.5) is 5.82 Å². The fourth-order valence-electron chi connectivity index (χ4n) is 3.27. The van der Waals surface area contributed by atoms with E-state index in [0.717, 1.165) is 19.4 Å². The van der Waals surface area contributed by atoms with Crippen molar-refractivity contribution in [2.45, 2.75) is 18.9 Å². The Kier molecular flexibility index (Phi) is 5.03. The molecule has 0 aliphatic carbocycles. The summed E-state index contributed by atoms with van der Waals surface area (Å²) in [5, 5.41) is 6.23. The van der Waals surface area contributed by atoms with Crippen molar-refractivity contribution in [2.24, 2.45) is 0 Å². The van der Waals surface area contributed by atoms with E-state index < -0.39 is 0 Å². The van der Waals surface area contributed by atoms with Crippen molar-refractivity contribution in [3.63, 3.8) is 0 Å². The molecule has 3 aromatic heterocycles. The summed E-state index contributed by atoms with van der Waals surface area (Å²) < 4.78 is 7.07. The summed E-state index contributed by atoms with van der Waals surface area (Å²) in [5.74, 6) is 0.0541. The van der Waals surface area contributed by atoms with Gasteiger partial charge in [0.15, 0.2) is 5.65 Å².